The van der Waals surface area contributed by atoms with E-state index in [1.165, 1.54) is 0 Å². The maximum atomic E-state index is 13.0. The van der Waals surface area contributed by atoms with Crippen LogP contribution < -0.4 is 5.32 Å². The van der Waals surface area contributed by atoms with Crippen LogP contribution in [0.1, 0.15) is 18.5 Å². The maximum Gasteiger partial charge on any atom is 0.250 e. The highest BCUT2D eigenvalue weighted by molar-refractivity contribution is 5.92. The first-order chi connectivity index (χ1) is 8.94. The fraction of sp³-hybridized carbons (Fsp3) is 0.538. The molecule has 0 bridgehead atoms. The van der Waals surface area contributed by atoms with Gasteiger partial charge in [-0.2, -0.15) is 0 Å². The predicted octanol–water partition coefficient (Wildman–Crippen LogP) is 2.06. The molecular weight excluding hydrogens is 252 g/mol. The van der Waals surface area contributed by atoms with Crippen LogP contribution in [0.15, 0.2) is 18.3 Å². The molecule has 4 nitrogen and oxygen atoms in total. The number of anilines is 1. The van der Waals surface area contributed by atoms with Gasteiger partial charge in [0.15, 0.2) is 0 Å². The molecule has 0 atom stereocenters. The number of pyridine rings is 1. The summed E-state index contributed by atoms with van der Waals surface area (Å²) in [6.45, 7) is 2.52. The zero-order valence-electron chi connectivity index (χ0n) is 10.8. The Kier molecular flexibility index (Phi) is 4.09. The first-order valence-corrected chi connectivity index (χ1v) is 6.27. The normalized spacial score (nSPS) is 19.1. The number of hydrogen-bond donors (Lipinski definition) is 1. The van der Waals surface area contributed by atoms with Crippen LogP contribution >= 0.6 is 0 Å². The van der Waals surface area contributed by atoms with Crippen molar-refractivity contribution in [2.75, 3.05) is 25.0 Å². The van der Waals surface area contributed by atoms with Gasteiger partial charge < -0.3 is 5.32 Å². The van der Waals surface area contributed by atoms with E-state index in [-0.39, 0.29) is 38.4 Å². The number of alkyl halides is 2. The average molecular weight is 269 g/mol. The summed E-state index contributed by atoms with van der Waals surface area (Å²) < 4.78 is 25.9. The van der Waals surface area contributed by atoms with Crippen molar-refractivity contribution >= 4 is 11.6 Å². The topological polar surface area (TPSA) is 45.2 Å². The van der Waals surface area contributed by atoms with Gasteiger partial charge in [-0.1, -0.05) is 0 Å². The summed E-state index contributed by atoms with van der Waals surface area (Å²) >= 11 is 0. The molecule has 0 aliphatic carbocycles. The number of piperidine rings is 1. The number of rotatable bonds is 3. The Morgan fingerprint density at radius 3 is 2.68 bits per heavy atom. The molecule has 1 aliphatic heterocycles. The number of aromatic nitrogens is 1. The van der Waals surface area contributed by atoms with Crippen LogP contribution in [0.4, 0.5) is 14.5 Å². The predicted molar refractivity (Wildman–Crippen MR) is 68.2 cm³/mol. The number of nitrogens with zero attached hydrogens (tertiary/aromatic N) is 2. The van der Waals surface area contributed by atoms with E-state index in [9.17, 15) is 13.6 Å². The van der Waals surface area contributed by atoms with Gasteiger partial charge in [0, 0.05) is 31.6 Å². The zero-order chi connectivity index (χ0) is 13.9. The molecule has 0 saturated carbocycles. The molecule has 0 aromatic carbocycles. The minimum absolute atomic E-state index is 0.143. The first-order valence-electron chi connectivity index (χ1n) is 6.27. The zero-order valence-corrected chi connectivity index (χ0v) is 10.8. The van der Waals surface area contributed by atoms with Crippen LogP contribution in [0, 0.1) is 6.92 Å². The van der Waals surface area contributed by atoms with E-state index in [0.29, 0.717) is 5.69 Å². The molecule has 1 aromatic heterocycles. The lowest BCUT2D eigenvalue weighted by Crippen LogP contribution is -2.42. The number of nitrogens with one attached hydrogen (secondary N) is 1. The summed E-state index contributed by atoms with van der Waals surface area (Å²) in [5.41, 5.74) is 1.49. The van der Waals surface area contributed by atoms with Crippen molar-refractivity contribution in [1.29, 1.82) is 0 Å². The molecule has 1 aromatic rings. The number of aryl methyl sites for hydroxylation is 1. The SMILES string of the molecule is Cc1ccc(NC(=O)CN2CCC(F)(F)CC2)cn1. The van der Waals surface area contributed by atoms with Gasteiger partial charge in [-0.15, -0.1) is 0 Å². The van der Waals surface area contributed by atoms with Crippen molar-refractivity contribution in [3.05, 3.63) is 24.0 Å². The van der Waals surface area contributed by atoms with E-state index in [1.807, 2.05) is 6.92 Å². The van der Waals surface area contributed by atoms with Gasteiger partial charge in [-0.05, 0) is 19.1 Å². The second kappa shape index (κ2) is 5.61. The lowest BCUT2D eigenvalue weighted by Gasteiger charge is -2.31. The molecule has 0 spiro atoms. The van der Waals surface area contributed by atoms with Gasteiger partial charge in [0.2, 0.25) is 5.91 Å². The standard InChI is InChI=1S/C13H17F2N3O/c1-10-2-3-11(8-16-10)17-12(19)9-18-6-4-13(14,15)5-7-18/h2-3,8H,4-7,9H2,1H3,(H,17,19). The van der Waals surface area contributed by atoms with Crippen molar-refractivity contribution in [1.82, 2.24) is 9.88 Å². The smallest absolute Gasteiger partial charge is 0.250 e. The molecule has 104 valence electrons. The van der Waals surface area contributed by atoms with Crippen LogP contribution in [0.3, 0.4) is 0 Å². The monoisotopic (exact) mass is 269 g/mol. The molecule has 1 amide bonds. The van der Waals surface area contributed by atoms with Crippen molar-refractivity contribution in [2.24, 2.45) is 0 Å². The van der Waals surface area contributed by atoms with Crippen LogP contribution in [0.2, 0.25) is 0 Å². The van der Waals surface area contributed by atoms with Gasteiger partial charge in [0.05, 0.1) is 18.4 Å². The van der Waals surface area contributed by atoms with Gasteiger partial charge in [0.25, 0.3) is 5.92 Å². The number of carbonyl (C=O) groups is 1. The largest absolute Gasteiger partial charge is 0.324 e. The highest BCUT2D eigenvalue weighted by Crippen LogP contribution is 2.27. The Labute approximate surface area is 110 Å². The van der Waals surface area contributed by atoms with Crippen LogP contribution in [0.25, 0.3) is 0 Å². The van der Waals surface area contributed by atoms with E-state index < -0.39 is 5.92 Å². The third-order valence-electron chi connectivity index (χ3n) is 3.15. The molecule has 6 heteroatoms. The Bertz CT molecular complexity index is 438. The second-order valence-corrected chi connectivity index (χ2v) is 4.87. The van der Waals surface area contributed by atoms with E-state index in [2.05, 4.69) is 10.3 Å². The Morgan fingerprint density at radius 2 is 2.11 bits per heavy atom. The molecule has 1 fully saturated rings. The van der Waals surface area contributed by atoms with Crippen molar-refractivity contribution in [3.63, 3.8) is 0 Å². The number of hydrogen-bond acceptors (Lipinski definition) is 3. The fourth-order valence-corrected chi connectivity index (χ4v) is 1.98. The Morgan fingerprint density at radius 1 is 1.42 bits per heavy atom. The van der Waals surface area contributed by atoms with Gasteiger partial charge in [-0.25, -0.2) is 8.78 Å². The molecule has 0 radical (unpaired) electrons. The van der Waals surface area contributed by atoms with Crippen LogP contribution in [-0.4, -0.2) is 41.3 Å². The van der Waals surface area contributed by atoms with Crippen molar-refractivity contribution in [2.45, 2.75) is 25.7 Å². The third-order valence-corrected chi connectivity index (χ3v) is 3.15. The lowest BCUT2D eigenvalue weighted by molar-refractivity contribution is -0.119. The summed E-state index contributed by atoms with van der Waals surface area (Å²) in [6.07, 6.45) is 1.23. The van der Waals surface area contributed by atoms with Gasteiger partial charge in [-0.3, -0.25) is 14.7 Å². The van der Waals surface area contributed by atoms with Crippen molar-refractivity contribution in [3.8, 4) is 0 Å². The fourth-order valence-electron chi connectivity index (χ4n) is 1.98. The molecule has 19 heavy (non-hydrogen) atoms. The number of carbonyl (C=O) groups excluding carboxylic acids is 1. The number of likely N-dealkylation sites (tertiary alicyclic amines) is 1. The molecule has 0 unspecified atom stereocenters. The number of amides is 1. The minimum Gasteiger partial charge on any atom is -0.324 e. The summed E-state index contributed by atoms with van der Waals surface area (Å²) in [4.78, 5) is 17.6. The summed E-state index contributed by atoms with van der Waals surface area (Å²) in [7, 11) is 0. The quantitative estimate of drug-likeness (QED) is 0.913. The summed E-state index contributed by atoms with van der Waals surface area (Å²) in [6, 6.07) is 3.57. The minimum atomic E-state index is -2.58. The third kappa shape index (κ3) is 4.24. The van der Waals surface area contributed by atoms with Crippen LogP contribution in [-0.2, 0) is 4.79 Å². The Balaban J connectivity index is 1.80. The average Bonchev–Trinajstić information content (AvgIpc) is 2.35. The lowest BCUT2D eigenvalue weighted by atomic mass is 10.1. The molecule has 1 aliphatic rings. The summed E-state index contributed by atoms with van der Waals surface area (Å²) in [5.74, 6) is -2.77. The first kappa shape index (κ1) is 13.9. The van der Waals surface area contributed by atoms with E-state index in [4.69, 9.17) is 0 Å². The molecule has 1 N–H and O–H groups in total. The van der Waals surface area contributed by atoms with E-state index in [0.717, 1.165) is 5.69 Å². The van der Waals surface area contributed by atoms with Crippen LogP contribution in [0.5, 0.6) is 0 Å². The molecule has 2 heterocycles. The highest BCUT2D eigenvalue weighted by atomic mass is 19.3. The van der Waals surface area contributed by atoms with Gasteiger partial charge >= 0.3 is 0 Å². The second-order valence-electron chi connectivity index (χ2n) is 4.87. The maximum absolute atomic E-state index is 13.0. The summed E-state index contributed by atoms with van der Waals surface area (Å²) in [5, 5.41) is 2.71. The molecule has 1 saturated heterocycles. The van der Waals surface area contributed by atoms with E-state index >= 15 is 0 Å². The molecular formula is C13H17F2N3O. The van der Waals surface area contributed by atoms with Gasteiger partial charge in [0.1, 0.15) is 0 Å². The van der Waals surface area contributed by atoms with Crippen molar-refractivity contribution < 1.29 is 13.6 Å². The highest BCUT2D eigenvalue weighted by Gasteiger charge is 2.34. The molecule has 2 rings (SSSR count). The Hall–Kier alpha value is -1.56. The van der Waals surface area contributed by atoms with E-state index in [1.54, 1.807) is 23.2 Å². The number of halogens is 2.